The number of hydrogen-bond acceptors (Lipinski definition) is 5. The van der Waals surface area contributed by atoms with E-state index in [0.717, 1.165) is 26.2 Å². The fraction of sp³-hybridized carbons (Fsp3) is 0.200. The van der Waals surface area contributed by atoms with Crippen molar-refractivity contribution in [2.45, 2.75) is 19.9 Å². The maximum Gasteiger partial charge on any atom is 0.410 e. The van der Waals surface area contributed by atoms with Crippen molar-refractivity contribution in [1.29, 1.82) is 0 Å². The quantitative estimate of drug-likeness (QED) is 0.372. The maximum atomic E-state index is 13.3. The predicted octanol–water partition coefficient (Wildman–Crippen LogP) is 6.50. The summed E-state index contributed by atoms with van der Waals surface area (Å²) < 4.78 is 19.4. The molecule has 0 aliphatic carbocycles. The number of thiophene rings is 1. The van der Waals surface area contributed by atoms with Crippen molar-refractivity contribution < 1.29 is 18.7 Å². The minimum absolute atomic E-state index is 0.310. The SMILES string of the molecule is C=C(Nc1ccc(Br)cc1)c1c(NC(=O)c2ccc(F)cc2)sc2c1CCN(C(=O)OCC)C2. The molecule has 0 saturated heterocycles. The number of carbonyl (C=O) groups is 2. The fourth-order valence-corrected chi connectivity index (χ4v) is 5.28. The normalized spacial score (nSPS) is 12.6. The van der Waals surface area contributed by atoms with Crippen molar-refractivity contribution in [2.24, 2.45) is 0 Å². The number of halogens is 2. The van der Waals surface area contributed by atoms with E-state index in [9.17, 15) is 14.0 Å². The summed E-state index contributed by atoms with van der Waals surface area (Å²) in [7, 11) is 0. The third-order valence-corrected chi connectivity index (χ3v) is 7.02. The molecule has 1 aromatic heterocycles. The van der Waals surface area contributed by atoms with Gasteiger partial charge in [0.05, 0.1) is 13.2 Å². The summed E-state index contributed by atoms with van der Waals surface area (Å²) in [5.74, 6) is -0.756. The van der Waals surface area contributed by atoms with Crippen molar-refractivity contribution in [1.82, 2.24) is 4.90 Å². The summed E-state index contributed by atoms with van der Waals surface area (Å²) in [6.07, 6.45) is 0.250. The number of nitrogens with zero attached hydrogens (tertiary/aromatic N) is 1. The number of amides is 2. The average Bonchev–Trinajstić information content (AvgIpc) is 3.18. The van der Waals surface area contributed by atoms with Crippen molar-refractivity contribution in [3.63, 3.8) is 0 Å². The second-order valence-electron chi connectivity index (χ2n) is 7.65. The molecule has 1 aliphatic heterocycles. The van der Waals surface area contributed by atoms with Crippen LogP contribution in [0.2, 0.25) is 0 Å². The highest BCUT2D eigenvalue weighted by atomic mass is 79.9. The minimum atomic E-state index is -0.407. The van der Waals surface area contributed by atoms with Crippen molar-refractivity contribution >= 4 is 55.7 Å². The van der Waals surface area contributed by atoms with E-state index in [1.165, 1.54) is 35.6 Å². The van der Waals surface area contributed by atoms with Crippen LogP contribution in [-0.4, -0.2) is 30.1 Å². The minimum Gasteiger partial charge on any atom is -0.450 e. The standard InChI is InChI=1S/C25H23BrFN3O3S/c1-3-33-25(32)30-13-12-20-21(14-30)34-24(29-23(31)16-4-8-18(27)9-5-16)22(20)15(2)28-19-10-6-17(26)7-11-19/h4-11,28H,2-3,12-14H2,1H3,(H,29,31). The Hall–Kier alpha value is -3.17. The van der Waals surface area contributed by atoms with Gasteiger partial charge in [0, 0.05) is 38.4 Å². The van der Waals surface area contributed by atoms with E-state index < -0.39 is 5.82 Å². The van der Waals surface area contributed by atoms with Gasteiger partial charge in [-0.1, -0.05) is 22.5 Å². The zero-order valence-electron chi connectivity index (χ0n) is 18.5. The van der Waals surface area contributed by atoms with Gasteiger partial charge < -0.3 is 20.3 Å². The molecule has 6 nitrogen and oxygen atoms in total. The molecule has 2 aromatic carbocycles. The van der Waals surface area contributed by atoms with E-state index in [0.29, 0.717) is 42.4 Å². The Kier molecular flexibility index (Phi) is 7.33. The van der Waals surface area contributed by atoms with Gasteiger partial charge in [0.25, 0.3) is 5.91 Å². The molecule has 2 N–H and O–H groups in total. The third kappa shape index (κ3) is 5.31. The number of rotatable bonds is 6. The molecule has 4 rings (SSSR count). The monoisotopic (exact) mass is 543 g/mol. The van der Waals surface area contributed by atoms with Crippen LogP contribution in [0.3, 0.4) is 0 Å². The number of hydrogen-bond donors (Lipinski definition) is 2. The highest BCUT2D eigenvalue weighted by Gasteiger charge is 2.29. The molecule has 9 heteroatoms. The predicted molar refractivity (Wildman–Crippen MR) is 137 cm³/mol. The molecule has 3 aromatic rings. The number of benzene rings is 2. The summed E-state index contributed by atoms with van der Waals surface area (Å²) >= 11 is 4.84. The van der Waals surface area contributed by atoms with Crippen LogP contribution in [0, 0.1) is 5.82 Å². The molecule has 0 saturated carbocycles. The first-order valence-electron chi connectivity index (χ1n) is 10.7. The number of anilines is 2. The molecular weight excluding hydrogens is 521 g/mol. The smallest absolute Gasteiger partial charge is 0.410 e. The first-order valence-corrected chi connectivity index (χ1v) is 12.3. The van der Waals surface area contributed by atoms with Gasteiger partial charge in [0.15, 0.2) is 0 Å². The van der Waals surface area contributed by atoms with E-state index in [1.54, 1.807) is 11.8 Å². The van der Waals surface area contributed by atoms with Crippen LogP contribution in [0.15, 0.2) is 59.6 Å². The van der Waals surface area contributed by atoms with Crippen LogP contribution in [0.5, 0.6) is 0 Å². The van der Waals surface area contributed by atoms with Gasteiger partial charge in [-0.25, -0.2) is 9.18 Å². The summed E-state index contributed by atoms with van der Waals surface area (Å²) in [6, 6.07) is 13.1. The van der Waals surface area contributed by atoms with Crippen LogP contribution in [-0.2, 0) is 17.7 Å². The van der Waals surface area contributed by atoms with Gasteiger partial charge in [-0.3, -0.25) is 4.79 Å². The Bertz CT molecular complexity index is 1230. The molecule has 0 atom stereocenters. The van der Waals surface area contributed by atoms with E-state index in [2.05, 4.69) is 33.1 Å². The summed E-state index contributed by atoms with van der Waals surface area (Å²) in [4.78, 5) is 27.8. The molecule has 0 bridgehead atoms. The molecule has 2 amide bonds. The van der Waals surface area contributed by atoms with Gasteiger partial charge in [0.2, 0.25) is 0 Å². The molecule has 176 valence electrons. The van der Waals surface area contributed by atoms with E-state index in [4.69, 9.17) is 4.74 Å². The fourth-order valence-electron chi connectivity index (χ4n) is 3.73. The molecule has 0 unspecified atom stereocenters. The van der Waals surface area contributed by atoms with E-state index >= 15 is 0 Å². The van der Waals surface area contributed by atoms with Gasteiger partial charge in [0.1, 0.15) is 10.8 Å². The van der Waals surface area contributed by atoms with Crippen molar-refractivity contribution in [2.75, 3.05) is 23.8 Å². The Balaban J connectivity index is 1.65. The molecule has 34 heavy (non-hydrogen) atoms. The molecule has 0 radical (unpaired) electrons. The van der Waals surface area contributed by atoms with Crippen LogP contribution < -0.4 is 10.6 Å². The first kappa shape index (κ1) is 24.0. The Labute approximate surface area is 209 Å². The molecule has 0 spiro atoms. The molecule has 0 fully saturated rings. The van der Waals surface area contributed by atoms with Crippen LogP contribution in [0.25, 0.3) is 5.70 Å². The van der Waals surface area contributed by atoms with E-state index in [1.807, 2.05) is 24.3 Å². The highest BCUT2D eigenvalue weighted by molar-refractivity contribution is 9.10. The summed E-state index contributed by atoms with van der Waals surface area (Å²) in [6.45, 7) is 7.22. The summed E-state index contributed by atoms with van der Waals surface area (Å²) in [5.41, 5.74) is 3.68. The lowest BCUT2D eigenvalue weighted by Gasteiger charge is -2.26. The van der Waals surface area contributed by atoms with Crippen molar-refractivity contribution in [3.8, 4) is 0 Å². The lowest BCUT2D eigenvalue weighted by molar-refractivity contribution is 0.102. The third-order valence-electron chi connectivity index (χ3n) is 5.36. The highest BCUT2D eigenvalue weighted by Crippen LogP contribution is 2.41. The van der Waals surface area contributed by atoms with Gasteiger partial charge >= 0.3 is 6.09 Å². The number of carbonyl (C=O) groups excluding carboxylic acids is 2. The van der Waals surface area contributed by atoms with Gasteiger partial charge in [-0.15, -0.1) is 11.3 Å². The molecular formula is C25H23BrFN3O3S. The molecule has 2 heterocycles. The Morgan fingerprint density at radius 1 is 1.15 bits per heavy atom. The Morgan fingerprint density at radius 2 is 1.85 bits per heavy atom. The molecule has 1 aliphatic rings. The summed E-state index contributed by atoms with van der Waals surface area (Å²) in [5, 5.41) is 6.91. The second-order valence-corrected chi connectivity index (χ2v) is 9.67. The van der Waals surface area contributed by atoms with Crippen LogP contribution in [0.4, 0.5) is 19.9 Å². The largest absolute Gasteiger partial charge is 0.450 e. The first-order chi connectivity index (χ1) is 16.4. The number of ether oxygens (including phenoxy) is 1. The zero-order valence-corrected chi connectivity index (χ0v) is 20.9. The number of fused-ring (bicyclic) bond motifs is 1. The van der Waals surface area contributed by atoms with Crippen LogP contribution in [0.1, 0.15) is 33.3 Å². The lowest BCUT2D eigenvalue weighted by atomic mass is 10.0. The van der Waals surface area contributed by atoms with Crippen LogP contribution >= 0.6 is 27.3 Å². The zero-order chi connectivity index (χ0) is 24.2. The maximum absolute atomic E-state index is 13.3. The Morgan fingerprint density at radius 3 is 2.53 bits per heavy atom. The van der Waals surface area contributed by atoms with Gasteiger partial charge in [-0.05, 0) is 67.4 Å². The second kappa shape index (κ2) is 10.4. The number of nitrogens with one attached hydrogen (secondary N) is 2. The van der Waals surface area contributed by atoms with Crippen molar-refractivity contribution in [3.05, 3.63) is 87.0 Å². The lowest BCUT2D eigenvalue weighted by Crippen LogP contribution is -2.36. The average molecular weight is 544 g/mol. The van der Waals surface area contributed by atoms with E-state index in [-0.39, 0.29) is 12.0 Å². The topological polar surface area (TPSA) is 70.7 Å². The van der Waals surface area contributed by atoms with Gasteiger partial charge in [-0.2, -0.15) is 0 Å².